The van der Waals surface area contributed by atoms with Crippen LogP contribution in [-0.4, -0.2) is 26.7 Å². The third-order valence-electron chi connectivity index (χ3n) is 3.46. The first kappa shape index (κ1) is 16.4. The van der Waals surface area contributed by atoms with Crippen molar-refractivity contribution >= 4 is 26.5 Å². The summed E-state index contributed by atoms with van der Waals surface area (Å²) >= 11 is 1.46. The average molecular weight is 340 g/mol. The highest BCUT2D eigenvalue weighted by molar-refractivity contribution is 7.59. The van der Waals surface area contributed by atoms with E-state index in [1.54, 1.807) is 6.92 Å². The molecule has 1 aromatic rings. The Kier molecular flexibility index (Phi) is 4.63. The predicted molar refractivity (Wildman–Crippen MR) is 77.4 cm³/mol. The molecule has 0 bridgehead atoms. The maximum atomic E-state index is 12.8. The van der Waals surface area contributed by atoms with Crippen molar-refractivity contribution < 1.29 is 27.2 Å². The van der Waals surface area contributed by atoms with Gasteiger partial charge in [-0.3, -0.25) is 13.7 Å². The lowest BCUT2D eigenvalue weighted by Gasteiger charge is -2.29. The lowest BCUT2D eigenvalue weighted by molar-refractivity contribution is 0.119. The summed E-state index contributed by atoms with van der Waals surface area (Å²) in [6, 6.07) is 3.72. The molecule has 1 saturated heterocycles. The molecule has 2 rings (SSSR count). The molecule has 1 aromatic heterocycles. The van der Waals surface area contributed by atoms with Crippen molar-refractivity contribution in [2.24, 2.45) is 0 Å². The zero-order valence-electron chi connectivity index (χ0n) is 11.8. The van der Waals surface area contributed by atoms with Crippen molar-refractivity contribution in [3.8, 4) is 0 Å². The Hall–Kier alpha value is -0.0000000000000000278. The van der Waals surface area contributed by atoms with E-state index in [2.05, 4.69) is 0 Å². The number of thiophene rings is 1. The molecule has 6 nitrogen and oxygen atoms in total. The molecular formula is C11H18O6P2S. The molecule has 1 aliphatic heterocycles. The molecule has 0 spiro atoms. The van der Waals surface area contributed by atoms with Crippen LogP contribution in [0.3, 0.4) is 0 Å². The van der Waals surface area contributed by atoms with Gasteiger partial charge in [0.15, 0.2) is 5.34 Å². The van der Waals surface area contributed by atoms with Gasteiger partial charge in [-0.15, -0.1) is 11.3 Å². The molecular weight excluding hydrogens is 322 g/mol. The van der Waals surface area contributed by atoms with E-state index >= 15 is 0 Å². The summed E-state index contributed by atoms with van der Waals surface area (Å²) in [6.45, 7) is 1.58. The molecule has 0 saturated carbocycles. The van der Waals surface area contributed by atoms with Gasteiger partial charge in [-0.25, -0.2) is 0 Å². The van der Waals surface area contributed by atoms with Gasteiger partial charge in [0.1, 0.15) is 0 Å². The first-order valence-electron chi connectivity index (χ1n) is 5.95. The maximum Gasteiger partial charge on any atom is 0.361 e. The minimum Gasteiger partial charge on any atom is -0.311 e. The summed E-state index contributed by atoms with van der Waals surface area (Å²) < 4.78 is 46.2. The zero-order chi connectivity index (χ0) is 15.0. The minimum atomic E-state index is -3.54. The van der Waals surface area contributed by atoms with Crippen molar-refractivity contribution in [1.29, 1.82) is 0 Å². The van der Waals surface area contributed by atoms with E-state index in [-0.39, 0.29) is 6.42 Å². The predicted octanol–water partition coefficient (Wildman–Crippen LogP) is 4.25. The van der Waals surface area contributed by atoms with Crippen LogP contribution in [0.4, 0.5) is 0 Å². The Labute approximate surface area is 122 Å². The van der Waals surface area contributed by atoms with Crippen LogP contribution < -0.4 is 0 Å². The number of hydrogen-bond acceptors (Lipinski definition) is 7. The zero-order valence-corrected chi connectivity index (χ0v) is 14.4. The second-order valence-corrected chi connectivity index (χ2v) is 10.5. The highest BCUT2D eigenvalue weighted by atomic mass is 32.1. The fraction of sp³-hybridized carbons (Fsp3) is 0.636. The van der Waals surface area contributed by atoms with E-state index in [0.29, 0.717) is 0 Å². The Morgan fingerprint density at radius 2 is 2.10 bits per heavy atom. The quantitative estimate of drug-likeness (QED) is 0.746. The molecule has 3 unspecified atom stereocenters. The SMILES string of the molecule is COP1(=O)OC(C)(P(=O)(OC)OC)CC1c1cccs1. The standard InChI is InChI=1S/C11H18O6P2S/c1-11(19(13,15-3)16-4)8-9(10-6-5-7-20-10)18(12,14-2)17-11/h5-7,9H,8H2,1-4H3. The van der Waals surface area contributed by atoms with Gasteiger partial charge in [0.2, 0.25) is 0 Å². The molecule has 114 valence electrons. The van der Waals surface area contributed by atoms with Crippen LogP contribution >= 0.6 is 26.5 Å². The van der Waals surface area contributed by atoms with Gasteiger partial charge in [0.05, 0.1) is 5.66 Å². The monoisotopic (exact) mass is 340 g/mol. The molecule has 0 aromatic carbocycles. The third-order valence-corrected chi connectivity index (χ3v) is 9.55. The molecule has 0 amide bonds. The molecule has 20 heavy (non-hydrogen) atoms. The number of rotatable bonds is 5. The fourth-order valence-corrected chi connectivity index (χ4v) is 7.91. The van der Waals surface area contributed by atoms with Gasteiger partial charge in [-0.2, -0.15) is 0 Å². The van der Waals surface area contributed by atoms with Gasteiger partial charge in [-0.1, -0.05) is 6.07 Å². The summed E-state index contributed by atoms with van der Waals surface area (Å²) in [5, 5.41) is 0.591. The Balaban J connectivity index is 2.44. The summed E-state index contributed by atoms with van der Waals surface area (Å²) in [5.74, 6) is 0. The summed E-state index contributed by atoms with van der Waals surface area (Å²) in [5.41, 5.74) is -0.462. The Bertz CT molecular complexity index is 551. The van der Waals surface area contributed by atoms with Gasteiger partial charge in [0, 0.05) is 32.6 Å². The van der Waals surface area contributed by atoms with Crippen molar-refractivity contribution in [1.82, 2.24) is 0 Å². The molecule has 1 fully saturated rings. The van der Waals surface area contributed by atoms with Crippen LogP contribution in [0, 0.1) is 0 Å². The van der Waals surface area contributed by atoms with Gasteiger partial charge < -0.3 is 13.6 Å². The van der Waals surface area contributed by atoms with Crippen LogP contribution in [0.25, 0.3) is 0 Å². The Morgan fingerprint density at radius 1 is 1.45 bits per heavy atom. The molecule has 9 heteroatoms. The lowest BCUT2D eigenvalue weighted by atomic mass is 10.2. The lowest BCUT2D eigenvalue weighted by Crippen LogP contribution is -2.24. The smallest absolute Gasteiger partial charge is 0.311 e. The van der Waals surface area contributed by atoms with Crippen molar-refractivity contribution in [2.45, 2.75) is 24.3 Å². The molecule has 0 N–H and O–H groups in total. The summed E-state index contributed by atoms with van der Waals surface area (Å²) in [6.07, 6.45) is 0.248. The topological polar surface area (TPSA) is 71.1 Å². The maximum absolute atomic E-state index is 12.8. The van der Waals surface area contributed by atoms with Gasteiger partial charge in [0.25, 0.3) is 0 Å². The van der Waals surface area contributed by atoms with Crippen LogP contribution in [0.2, 0.25) is 0 Å². The van der Waals surface area contributed by atoms with Crippen molar-refractivity contribution in [2.75, 3.05) is 21.3 Å². The highest BCUT2D eigenvalue weighted by Crippen LogP contribution is 2.79. The molecule has 3 atom stereocenters. The van der Waals surface area contributed by atoms with Gasteiger partial charge >= 0.3 is 15.2 Å². The van der Waals surface area contributed by atoms with E-state index < -0.39 is 26.2 Å². The van der Waals surface area contributed by atoms with Crippen LogP contribution in [0.15, 0.2) is 17.5 Å². The van der Waals surface area contributed by atoms with Gasteiger partial charge in [-0.05, 0) is 18.4 Å². The molecule has 0 radical (unpaired) electrons. The van der Waals surface area contributed by atoms with E-state index in [1.807, 2.05) is 17.5 Å². The van der Waals surface area contributed by atoms with E-state index in [0.717, 1.165) is 4.88 Å². The molecule has 2 heterocycles. The normalized spacial score (nSPS) is 34.5. The second kappa shape index (κ2) is 5.65. The van der Waals surface area contributed by atoms with E-state index in [1.165, 1.54) is 32.7 Å². The highest BCUT2D eigenvalue weighted by Gasteiger charge is 2.62. The largest absolute Gasteiger partial charge is 0.361 e. The summed E-state index contributed by atoms with van der Waals surface area (Å²) in [7, 11) is -3.05. The molecule has 0 aliphatic carbocycles. The van der Waals surface area contributed by atoms with Crippen LogP contribution in [-0.2, 0) is 27.2 Å². The van der Waals surface area contributed by atoms with Crippen molar-refractivity contribution in [3.05, 3.63) is 22.4 Å². The first-order chi connectivity index (χ1) is 9.34. The van der Waals surface area contributed by atoms with Crippen LogP contribution in [0.5, 0.6) is 0 Å². The minimum absolute atomic E-state index is 0.248. The Morgan fingerprint density at radius 3 is 2.55 bits per heavy atom. The number of hydrogen-bond donors (Lipinski definition) is 0. The van der Waals surface area contributed by atoms with Crippen LogP contribution in [0.1, 0.15) is 23.9 Å². The first-order valence-corrected chi connectivity index (χ1v) is 9.99. The average Bonchev–Trinajstić information content (AvgIpc) is 3.05. The van der Waals surface area contributed by atoms with E-state index in [4.69, 9.17) is 18.1 Å². The third kappa shape index (κ3) is 2.46. The van der Waals surface area contributed by atoms with Crippen molar-refractivity contribution in [3.63, 3.8) is 0 Å². The van der Waals surface area contributed by atoms with E-state index in [9.17, 15) is 9.13 Å². The fourth-order valence-electron chi connectivity index (χ4n) is 2.37. The second-order valence-electron chi connectivity index (χ2n) is 4.59. The molecule has 1 aliphatic rings. The summed E-state index contributed by atoms with van der Waals surface area (Å²) in [4.78, 5) is 0.873.